The van der Waals surface area contributed by atoms with Crippen LogP contribution < -0.4 is 4.57 Å². The normalized spacial score (nSPS) is 12.3. The first-order valence-corrected chi connectivity index (χ1v) is 14.3. The minimum atomic E-state index is -6.09. The smallest absolute Gasteiger partial charge is 0.485 e. The average molecular weight is 583 g/mol. The van der Waals surface area contributed by atoms with Crippen LogP contribution in [0.3, 0.4) is 0 Å². The van der Waals surface area contributed by atoms with Crippen LogP contribution in [-0.4, -0.2) is 43.2 Å². The van der Waals surface area contributed by atoms with Gasteiger partial charge in [0.2, 0.25) is 11.0 Å². The van der Waals surface area contributed by atoms with Gasteiger partial charge in [0.15, 0.2) is 10.1 Å². The molecule has 0 aliphatic heterocycles. The van der Waals surface area contributed by atoms with Crippen LogP contribution in [0, 0.1) is 6.92 Å². The number of carbonyl (C=O) groups excluding carboxylic acids is 1. The molecule has 1 amide bonds. The Balaban J connectivity index is 0.000000459. The van der Waals surface area contributed by atoms with Crippen molar-refractivity contribution in [3.63, 3.8) is 0 Å². The molecule has 4 aromatic rings. The van der Waals surface area contributed by atoms with E-state index >= 15 is 0 Å². The average Bonchev–Trinajstić information content (AvgIpc) is 2.83. The van der Waals surface area contributed by atoms with E-state index < -0.39 is 37.6 Å². The highest BCUT2D eigenvalue weighted by atomic mass is 32.2. The van der Waals surface area contributed by atoms with E-state index in [0.717, 1.165) is 31.7 Å². The Morgan fingerprint density at radius 2 is 1.26 bits per heavy atom. The van der Waals surface area contributed by atoms with Crippen LogP contribution in [0.15, 0.2) is 77.7 Å². The molecule has 0 bridgehead atoms. The third-order valence-corrected chi connectivity index (χ3v) is 8.35. The van der Waals surface area contributed by atoms with Crippen LogP contribution in [0.4, 0.5) is 13.2 Å². The number of hydrogen-bond donors (Lipinski definition) is 0. The molecule has 4 rings (SSSR count). The lowest BCUT2D eigenvalue weighted by molar-refractivity contribution is -0.617. The van der Waals surface area contributed by atoms with Crippen molar-refractivity contribution in [1.29, 1.82) is 0 Å². The number of benzene rings is 3. The predicted octanol–water partition coefficient (Wildman–Crippen LogP) is 4.42. The first kappa shape index (κ1) is 30.0. The molecule has 0 radical (unpaired) electrons. The number of halogens is 3. The molecular formula is C26H25F3N2O6S2. The van der Waals surface area contributed by atoms with Gasteiger partial charge < -0.3 is 4.55 Å². The van der Waals surface area contributed by atoms with Gasteiger partial charge in [-0.1, -0.05) is 42.0 Å². The number of alkyl halides is 3. The second-order valence-corrected chi connectivity index (χ2v) is 12.1. The summed E-state index contributed by atoms with van der Waals surface area (Å²) in [6.45, 7) is 5.33. The van der Waals surface area contributed by atoms with Crippen molar-refractivity contribution in [3.05, 3.63) is 83.9 Å². The Hall–Kier alpha value is -3.55. The lowest BCUT2D eigenvalue weighted by Gasteiger charge is -2.27. The lowest BCUT2D eigenvalue weighted by Crippen LogP contribution is -2.42. The van der Waals surface area contributed by atoms with Crippen molar-refractivity contribution in [2.75, 3.05) is 0 Å². The fraction of sp³-hybridized carbons (Fsp3) is 0.231. The Labute approximate surface area is 224 Å². The fourth-order valence-corrected chi connectivity index (χ4v) is 5.59. The third-order valence-electron chi connectivity index (χ3n) is 5.81. The molecule has 0 fully saturated rings. The molecule has 0 aliphatic rings. The highest BCUT2D eigenvalue weighted by Gasteiger charge is 2.37. The third kappa shape index (κ3) is 6.05. The summed E-state index contributed by atoms with van der Waals surface area (Å²) >= 11 is 0. The number of aryl methyl sites for hydroxylation is 2. The fourth-order valence-electron chi connectivity index (χ4n) is 4.02. The number of aromatic nitrogens is 1. The quantitative estimate of drug-likeness (QED) is 0.152. The summed E-state index contributed by atoms with van der Waals surface area (Å²) in [5, 5.41) is 1.44. The molecule has 8 nitrogen and oxygen atoms in total. The van der Waals surface area contributed by atoms with E-state index in [4.69, 9.17) is 13.0 Å². The van der Waals surface area contributed by atoms with Crippen molar-refractivity contribution in [2.45, 2.75) is 37.2 Å². The van der Waals surface area contributed by atoms with Gasteiger partial charge in [-0.05, 0) is 45.0 Å². The van der Waals surface area contributed by atoms with Gasteiger partial charge in [-0.3, -0.25) is 4.79 Å². The van der Waals surface area contributed by atoms with E-state index in [-0.39, 0.29) is 4.90 Å². The molecule has 0 aliphatic carbocycles. The van der Waals surface area contributed by atoms with Gasteiger partial charge in [-0.15, -0.1) is 0 Å². The standard InChI is InChI=1S/C25H25N2O3S.CHF3O3S/c1-17(2)27(31(29,30)19-15-13-18(3)14-16-19)25(28)24-20-9-5-7-11-22(20)26(4)23-12-8-6-10-21(23)24;2-1(3,4)8(5,6)7/h5-17H,1-4H3;(H,5,6,7)/q+1;/p-1. The van der Waals surface area contributed by atoms with Crippen LogP contribution in [0.25, 0.3) is 21.8 Å². The Kier molecular flexibility index (Phi) is 8.39. The Morgan fingerprint density at radius 1 is 0.846 bits per heavy atom. The van der Waals surface area contributed by atoms with E-state index in [1.807, 2.05) is 67.1 Å². The second-order valence-electron chi connectivity index (χ2n) is 8.88. The molecule has 3 aromatic carbocycles. The number of sulfonamides is 1. The molecule has 0 spiro atoms. The maximum absolute atomic E-state index is 14.0. The van der Waals surface area contributed by atoms with Crippen LogP contribution in [0.1, 0.15) is 29.8 Å². The maximum Gasteiger partial charge on any atom is 0.485 e. The van der Waals surface area contributed by atoms with Crippen molar-refractivity contribution >= 4 is 47.9 Å². The van der Waals surface area contributed by atoms with Gasteiger partial charge in [-0.25, -0.2) is 21.1 Å². The first-order valence-electron chi connectivity index (χ1n) is 11.5. The minimum Gasteiger partial charge on any atom is -0.741 e. The van der Waals surface area contributed by atoms with Crippen LogP contribution >= 0.6 is 0 Å². The van der Waals surface area contributed by atoms with E-state index in [1.165, 1.54) is 0 Å². The number of pyridine rings is 1. The zero-order valence-electron chi connectivity index (χ0n) is 21.3. The molecule has 13 heteroatoms. The molecule has 208 valence electrons. The van der Waals surface area contributed by atoms with Gasteiger partial charge in [0, 0.05) is 18.2 Å². The second kappa shape index (κ2) is 10.9. The molecule has 0 saturated heterocycles. The monoisotopic (exact) mass is 582 g/mol. The first-order chi connectivity index (χ1) is 18.0. The summed E-state index contributed by atoms with van der Waals surface area (Å²) < 4.78 is 89.0. The van der Waals surface area contributed by atoms with Crippen molar-refractivity contribution in [1.82, 2.24) is 4.31 Å². The number of para-hydroxylation sites is 2. The SMILES string of the molecule is Cc1ccc(S(=O)(=O)N(C(=O)c2c3ccccc3[n+](C)c3ccccc23)C(C)C)cc1.O=S(=O)([O-])C(F)(F)F. The van der Waals surface area contributed by atoms with E-state index in [2.05, 4.69) is 0 Å². The molecular weight excluding hydrogens is 557 g/mol. The predicted molar refractivity (Wildman–Crippen MR) is 138 cm³/mol. The zero-order chi connectivity index (χ0) is 29.3. The lowest BCUT2D eigenvalue weighted by atomic mass is 10.0. The van der Waals surface area contributed by atoms with Gasteiger partial charge >= 0.3 is 5.51 Å². The molecule has 0 atom stereocenters. The molecule has 0 saturated carbocycles. The van der Waals surface area contributed by atoms with E-state index in [0.29, 0.717) is 5.56 Å². The van der Waals surface area contributed by atoms with Gasteiger partial charge in [0.1, 0.15) is 7.05 Å². The molecule has 39 heavy (non-hydrogen) atoms. The number of fused-ring (bicyclic) bond motifs is 2. The van der Waals surface area contributed by atoms with Crippen molar-refractivity contribution in [3.8, 4) is 0 Å². The van der Waals surface area contributed by atoms with E-state index in [9.17, 15) is 26.4 Å². The Bertz CT molecular complexity index is 1700. The van der Waals surface area contributed by atoms with Gasteiger partial charge in [0.25, 0.3) is 15.9 Å². The molecule has 1 heterocycles. The van der Waals surface area contributed by atoms with Gasteiger partial charge in [-0.2, -0.15) is 17.7 Å². The highest BCUT2D eigenvalue weighted by Crippen LogP contribution is 2.29. The number of nitrogens with zero attached hydrogens (tertiary/aromatic N) is 2. The number of hydrogen-bond acceptors (Lipinski definition) is 6. The number of rotatable bonds is 4. The van der Waals surface area contributed by atoms with Crippen molar-refractivity contribution in [2.24, 2.45) is 7.05 Å². The maximum atomic E-state index is 14.0. The van der Waals surface area contributed by atoms with E-state index in [1.54, 1.807) is 38.1 Å². The van der Waals surface area contributed by atoms with Crippen LogP contribution in [0.2, 0.25) is 0 Å². The molecule has 1 aromatic heterocycles. The summed E-state index contributed by atoms with van der Waals surface area (Å²) in [7, 11) is -8.18. The van der Waals surface area contributed by atoms with Crippen LogP contribution in [-0.2, 0) is 27.2 Å². The summed E-state index contributed by atoms with van der Waals surface area (Å²) in [4.78, 5) is 14.1. The highest BCUT2D eigenvalue weighted by molar-refractivity contribution is 7.89. The van der Waals surface area contributed by atoms with Crippen LogP contribution in [0.5, 0.6) is 0 Å². The summed E-state index contributed by atoms with van der Waals surface area (Å²) in [6, 6.07) is 21.2. The summed E-state index contributed by atoms with van der Waals surface area (Å²) in [6.07, 6.45) is 0. The summed E-state index contributed by atoms with van der Waals surface area (Å²) in [5.74, 6) is -0.524. The molecule has 0 N–H and O–H groups in total. The number of carbonyl (C=O) groups is 1. The Morgan fingerprint density at radius 3 is 1.64 bits per heavy atom. The minimum absolute atomic E-state index is 0.107. The largest absolute Gasteiger partial charge is 0.741 e. The molecule has 0 unspecified atom stereocenters. The topological polar surface area (TPSA) is 116 Å². The van der Waals surface area contributed by atoms with Gasteiger partial charge in [0.05, 0.1) is 21.2 Å². The summed E-state index contributed by atoms with van der Waals surface area (Å²) in [5.41, 5.74) is -2.57. The zero-order valence-corrected chi connectivity index (χ0v) is 22.9. The number of amides is 1. The van der Waals surface area contributed by atoms with Crippen molar-refractivity contribution < 1.29 is 43.9 Å².